The first-order valence-corrected chi connectivity index (χ1v) is 8.49. The number of hydrogen-bond donors (Lipinski definition) is 1. The zero-order valence-electron chi connectivity index (χ0n) is 13.1. The third-order valence-electron chi connectivity index (χ3n) is 4.19. The normalized spacial score (nSPS) is 15.3. The number of halogens is 2. The molecule has 0 atom stereocenters. The number of nitrogens with zero attached hydrogens (tertiary/aromatic N) is 5. The lowest BCUT2D eigenvalue weighted by Crippen LogP contribution is -2.47. The summed E-state index contributed by atoms with van der Waals surface area (Å²) in [5, 5.41) is 0.819. The van der Waals surface area contributed by atoms with Crippen molar-refractivity contribution >= 4 is 46.0 Å². The number of aromatic nitrogens is 4. The van der Waals surface area contributed by atoms with Crippen LogP contribution in [0.5, 0.6) is 0 Å². The Labute approximate surface area is 149 Å². The van der Waals surface area contributed by atoms with Crippen LogP contribution in [0.1, 0.15) is 5.56 Å². The van der Waals surface area contributed by atoms with Crippen molar-refractivity contribution in [2.75, 3.05) is 36.0 Å². The van der Waals surface area contributed by atoms with E-state index in [4.69, 9.17) is 23.2 Å². The predicted molar refractivity (Wildman–Crippen MR) is 97.3 cm³/mol. The van der Waals surface area contributed by atoms with Gasteiger partial charge in [-0.2, -0.15) is 4.98 Å². The summed E-state index contributed by atoms with van der Waals surface area (Å²) in [5.74, 6) is 0.870. The average molecular weight is 363 g/mol. The number of fused-ring (bicyclic) bond motifs is 1. The number of H-pyrrole nitrogens is 1. The molecule has 0 saturated carbocycles. The molecule has 0 bridgehead atoms. The van der Waals surface area contributed by atoms with Gasteiger partial charge in [0.2, 0.25) is 5.95 Å². The van der Waals surface area contributed by atoms with Crippen LogP contribution in [0.4, 0.5) is 11.6 Å². The molecule has 24 heavy (non-hydrogen) atoms. The first-order valence-electron chi connectivity index (χ1n) is 7.73. The summed E-state index contributed by atoms with van der Waals surface area (Å²) in [6, 6.07) is 3.93. The SMILES string of the molecule is Cc1cnc2nc(N3CCN(c4cnc(Cl)c(Cl)c4)CC3)[nH]c2c1. The Morgan fingerprint density at radius 1 is 1.00 bits per heavy atom. The Kier molecular flexibility index (Phi) is 3.94. The second kappa shape index (κ2) is 6.11. The molecule has 1 aliphatic rings. The van der Waals surface area contributed by atoms with Gasteiger partial charge in [-0.05, 0) is 24.6 Å². The highest BCUT2D eigenvalue weighted by Gasteiger charge is 2.20. The van der Waals surface area contributed by atoms with E-state index in [1.54, 1.807) is 6.20 Å². The van der Waals surface area contributed by atoms with Gasteiger partial charge in [-0.3, -0.25) is 0 Å². The van der Waals surface area contributed by atoms with Crippen LogP contribution < -0.4 is 9.80 Å². The fourth-order valence-corrected chi connectivity index (χ4v) is 3.17. The van der Waals surface area contributed by atoms with Crippen molar-refractivity contribution < 1.29 is 0 Å². The predicted octanol–water partition coefficient (Wildman–Crippen LogP) is 3.29. The Bertz CT molecular complexity index is 885. The maximum atomic E-state index is 6.06. The van der Waals surface area contributed by atoms with E-state index in [-0.39, 0.29) is 0 Å². The van der Waals surface area contributed by atoms with E-state index in [2.05, 4.69) is 35.8 Å². The monoisotopic (exact) mass is 362 g/mol. The van der Waals surface area contributed by atoms with Gasteiger partial charge in [0.05, 0.1) is 22.4 Å². The molecule has 3 aromatic rings. The summed E-state index contributed by atoms with van der Waals surface area (Å²) in [6.07, 6.45) is 3.60. The van der Waals surface area contributed by atoms with Gasteiger partial charge >= 0.3 is 0 Å². The van der Waals surface area contributed by atoms with Crippen molar-refractivity contribution in [3.05, 3.63) is 40.3 Å². The molecular weight excluding hydrogens is 347 g/mol. The number of aryl methyl sites for hydroxylation is 1. The molecule has 0 aromatic carbocycles. The number of piperazine rings is 1. The standard InChI is InChI=1S/C16H16Cl2N6/c1-10-6-13-15(20-8-10)22-16(21-13)24-4-2-23(3-5-24)11-7-12(17)14(18)19-9-11/h6-9H,2-5H2,1H3,(H,20,21,22). The van der Waals surface area contributed by atoms with E-state index in [1.807, 2.05) is 19.2 Å². The molecular formula is C16H16Cl2N6. The molecule has 4 heterocycles. The van der Waals surface area contributed by atoms with Gasteiger partial charge in [0.1, 0.15) is 5.15 Å². The second-order valence-corrected chi connectivity index (χ2v) is 6.65. The molecule has 1 aliphatic heterocycles. The molecule has 4 rings (SSSR count). The van der Waals surface area contributed by atoms with Gasteiger partial charge in [-0.25, -0.2) is 9.97 Å². The summed E-state index contributed by atoms with van der Waals surface area (Å²) in [7, 11) is 0. The van der Waals surface area contributed by atoms with Crippen molar-refractivity contribution in [1.82, 2.24) is 19.9 Å². The highest BCUT2D eigenvalue weighted by molar-refractivity contribution is 6.41. The molecule has 1 fully saturated rings. The third-order valence-corrected chi connectivity index (χ3v) is 4.87. The summed E-state index contributed by atoms with van der Waals surface area (Å²) in [5.41, 5.74) is 3.84. The van der Waals surface area contributed by atoms with Gasteiger partial charge in [0, 0.05) is 32.4 Å². The van der Waals surface area contributed by atoms with Crippen molar-refractivity contribution in [2.45, 2.75) is 6.92 Å². The smallest absolute Gasteiger partial charge is 0.205 e. The highest BCUT2D eigenvalue weighted by Crippen LogP contribution is 2.26. The largest absolute Gasteiger partial charge is 0.367 e. The Hall–Kier alpha value is -2.05. The summed E-state index contributed by atoms with van der Waals surface area (Å²) in [4.78, 5) is 20.9. The maximum Gasteiger partial charge on any atom is 0.205 e. The maximum absolute atomic E-state index is 6.06. The number of rotatable bonds is 2. The molecule has 0 radical (unpaired) electrons. The molecule has 8 heteroatoms. The molecule has 0 spiro atoms. The van der Waals surface area contributed by atoms with Crippen LogP contribution >= 0.6 is 23.2 Å². The zero-order chi connectivity index (χ0) is 16.7. The average Bonchev–Trinajstić information content (AvgIpc) is 3.00. The first kappa shape index (κ1) is 15.5. The highest BCUT2D eigenvalue weighted by atomic mass is 35.5. The van der Waals surface area contributed by atoms with E-state index in [1.165, 1.54) is 0 Å². The van der Waals surface area contributed by atoms with Gasteiger partial charge in [0.15, 0.2) is 5.65 Å². The van der Waals surface area contributed by atoms with Crippen molar-refractivity contribution in [1.29, 1.82) is 0 Å². The fraction of sp³-hybridized carbons (Fsp3) is 0.312. The number of pyridine rings is 2. The molecule has 0 amide bonds. The number of nitrogens with one attached hydrogen (secondary N) is 1. The minimum atomic E-state index is 0.337. The van der Waals surface area contributed by atoms with Crippen LogP contribution in [0.3, 0.4) is 0 Å². The minimum Gasteiger partial charge on any atom is -0.367 e. The summed E-state index contributed by atoms with van der Waals surface area (Å²) in [6.45, 7) is 5.47. The van der Waals surface area contributed by atoms with Gasteiger partial charge in [-0.1, -0.05) is 23.2 Å². The Morgan fingerprint density at radius 2 is 1.75 bits per heavy atom. The summed E-state index contributed by atoms with van der Waals surface area (Å²) < 4.78 is 0. The molecule has 0 unspecified atom stereocenters. The molecule has 3 aromatic heterocycles. The lowest BCUT2D eigenvalue weighted by atomic mass is 10.3. The van der Waals surface area contributed by atoms with Gasteiger partial charge < -0.3 is 14.8 Å². The van der Waals surface area contributed by atoms with Crippen LogP contribution in [0.15, 0.2) is 24.5 Å². The topological polar surface area (TPSA) is 60.9 Å². The number of aromatic amines is 1. The van der Waals surface area contributed by atoms with E-state index in [0.717, 1.165) is 54.5 Å². The van der Waals surface area contributed by atoms with E-state index in [9.17, 15) is 0 Å². The van der Waals surface area contributed by atoms with Crippen LogP contribution in [0.2, 0.25) is 10.2 Å². The fourth-order valence-electron chi connectivity index (χ4n) is 2.90. The van der Waals surface area contributed by atoms with Gasteiger partial charge in [-0.15, -0.1) is 0 Å². The van der Waals surface area contributed by atoms with Crippen molar-refractivity contribution in [3.63, 3.8) is 0 Å². The van der Waals surface area contributed by atoms with E-state index < -0.39 is 0 Å². The lowest BCUT2D eigenvalue weighted by molar-refractivity contribution is 0.642. The van der Waals surface area contributed by atoms with Crippen LogP contribution in [0.25, 0.3) is 11.2 Å². The quantitative estimate of drug-likeness (QED) is 0.708. The van der Waals surface area contributed by atoms with Crippen LogP contribution in [-0.4, -0.2) is 46.1 Å². The zero-order valence-corrected chi connectivity index (χ0v) is 14.6. The lowest BCUT2D eigenvalue weighted by Gasteiger charge is -2.35. The van der Waals surface area contributed by atoms with Crippen molar-refractivity contribution in [3.8, 4) is 0 Å². The molecule has 124 valence electrons. The second-order valence-electron chi connectivity index (χ2n) is 5.88. The number of hydrogen-bond acceptors (Lipinski definition) is 5. The first-order chi connectivity index (χ1) is 11.6. The Balaban J connectivity index is 1.49. The Morgan fingerprint density at radius 3 is 2.50 bits per heavy atom. The molecule has 0 aliphatic carbocycles. The molecule has 1 N–H and O–H groups in total. The minimum absolute atomic E-state index is 0.337. The van der Waals surface area contributed by atoms with E-state index >= 15 is 0 Å². The number of anilines is 2. The third kappa shape index (κ3) is 2.87. The van der Waals surface area contributed by atoms with E-state index in [0.29, 0.717) is 10.2 Å². The number of imidazole rings is 1. The van der Waals surface area contributed by atoms with Crippen LogP contribution in [0, 0.1) is 6.92 Å². The summed E-state index contributed by atoms with van der Waals surface area (Å²) >= 11 is 11.9. The molecule has 1 saturated heterocycles. The molecule has 6 nitrogen and oxygen atoms in total. The van der Waals surface area contributed by atoms with Crippen molar-refractivity contribution in [2.24, 2.45) is 0 Å². The van der Waals surface area contributed by atoms with Crippen LogP contribution in [-0.2, 0) is 0 Å². The van der Waals surface area contributed by atoms with Gasteiger partial charge in [0.25, 0.3) is 0 Å².